The number of nitrogens with zero attached hydrogens (tertiary/aromatic N) is 2. The molecule has 1 amide bonds. The lowest BCUT2D eigenvalue weighted by Gasteiger charge is -2.14. The van der Waals surface area contributed by atoms with Crippen molar-refractivity contribution in [2.75, 3.05) is 5.75 Å². The van der Waals surface area contributed by atoms with Gasteiger partial charge in [-0.05, 0) is 42.2 Å². The predicted molar refractivity (Wildman–Crippen MR) is 109 cm³/mol. The van der Waals surface area contributed by atoms with Crippen LogP contribution < -0.4 is 5.32 Å². The van der Waals surface area contributed by atoms with Gasteiger partial charge in [-0.25, -0.2) is 4.98 Å². The normalized spacial score (nSPS) is 15.9. The van der Waals surface area contributed by atoms with Crippen molar-refractivity contribution in [1.29, 1.82) is 0 Å². The summed E-state index contributed by atoms with van der Waals surface area (Å²) in [5, 5.41) is 13.4. The van der Waals surface area contributed by atoms with Gasteiger partial charge in [-0.2, -0.15) is 0 Å². The Morgan fingerprint density at radius 2 is 2.00 bits per heavy atom. The van der Waals surface area contributed by atoms with E-state index >= 15 is 0 Å². The minimum Gasteiger partial charge on any atom is -0.349 e. The molecule has 5 nitrogen and oxygen atoms in total. The van der Waals surface area contributed by atoms with E-state index in [2.05, 4.69) is 50.8 Å². The van der Waals surface area contributed by atoms with Crippen LogP contribution in [-0.2, 0) is 4.79 Å². The van der Waals surface area contributed by atoms with E-state index in [0.717, 1.165) is 11.4 Å². The molecule has 1 aliphatic rings. The largest absolute Gasteiger partial charge is 0.349 e. The van der Waals surface area contributed by atoms with Gasteiger partial charge in [0.05, 0.1) is 11.8 Å². The minimum atomic E-state index is -0.0381. The van der Waals surface area contributed by atoms with Gasteiger partial charge in [0, 0.05) is 5.92 Å². The van der Waals surface area contributed by atoms with Crippen LogP contribution in [-0.4, -0.2) is 26.8 Å². The maximum absolute atomic E-state index is 12.3. The number of hydrogen-bond donors (Lipinski definition) is 2. The zero-order chi connectivity index (χ0) is 18.6. The van der Waals surface area contributed by atoms with Crippen LogP contribution in [0.5, 0.6) is 0 Å². The van der Waals surface area contributed by atoms with Crippen molar-refractivity contribution < 1.29 is 4.79 Å². The van der Waals surface area contributed by atoms with Crippen molar-refractivity contribution in [3.63, 3.8) is 0 Å². The van der Waals surface area contributed by atoms with Gasteiger partial charge < -0.3 is 5.32 Å². The molecule has 2 aromatic carbocycles. The summed E-state index contributed by atoms with van der Waals surface area (Å²) in [5.41, 5.74) is 1.11. The molecule has 1 heterocycles. The quantitative estimate of drug-likeness (QED) is 0.614. The summed E-state index contributed by atoms with van der Waals surface area (Å²) in [6.45, 7) is 2.01. The van der Waals surface area contributed by atoms with Crippen LogP contribution in [0.25, 0.3) is 10.8 Å². The molecule has 1 saturated carbocycles. The van der Waals surface area contributed by atoms with Crippen LogP contribution in [0.15, 0.2) is 47.6 Å². The Balaban J connectivity index is 1.31. The number of aromatic amines is 1. The third-order valence-electron chi connectivity index (χ3n) is 5.21. The SMILES string of the molecule is C[C@@H](NC(=O)CSc1n[nH]c(C2CCCC2)n1)c1ccc2ccccc2c1. The number of nitrogens with one attached hydrogen (secondary N) is 2. The number of amides is 1. The van der Waals surface area contributed by atoms with Gasteiger partial charge in [0.25, 0.3) is 0 Å². The van der Waals surface area contributed by atoms with E-state index in [1.807, 2.05) is 19.1 Å². The van der Waals surface area contributed by atoms with Crippen molar-refractivity contribution in [3.8, 4) is 0 Å². The Labute approximate surface area is 163 Å². The molecule has 0 unspecified atom stereocenters. The first-order chi connectivity index (χ1) is 13.2. The Morgan fingerprint density at radius 3 is 2.81 bits per heavy atom. The molecule has 0 aliphatic heterocycles. The summed E-state index contributed by atoms with van der Waals surface area (Å²) in [6, 6.07) is 14.5. The molecule has 1 aliphatic carbocycles. The molecule has 1 aromatic heterocycles. The number of carbonyl (C=O) groups is 1. The Kier molecular flexibility index (Phi) is 5.43. The first-order valence-corrected chi connectivity index (χ1v) is 10.5. The summed E-state index contributed by atoms with van der Waals surface area (Å²) in [6.07, 6.45) is 4.90. The third-order valence-corrected chi connectivity index (χ3v) is 6.05. The molecule has 0 saturated heterocycles. The first kappa shape index (κ1) is 18.0. The van der Waals surface area contributed by atoms with E-state index in [4.69, 9.17) is 0 Å². The van der Waals surface area contributed by atoms with Crippen molar-refractivity contribution in [2.24, 2.45) is 0 Å². The highest BCUT2D eigenvalue weighted by atomic mass is 32.2. The van der Waals surface area contributed by atoms with E-state index in [1.165, 1.54) is 48.2 Å². The Bertz CT molecular complexity index is 933. The zero-order valence-electron chi connectivity index (χ0n) is 15.4. The van der Waals surface area contributed by atoms with Gasteiger partial charge in [-0.1, -0.05) is 61.0 Å². The van der Waals surface area contributed by atoms with Crippen LogP contribution in [0, 0.1) is 0 Å². The predicted octanol–water partition coefficient (Wildman–Crippen LogP) is 4.59. The van der Waals surface area contributed by atoms with Gasteiger partial charge in [0.1, 0.15) is 5.82 Å². The summed E-state index contributed by atoms with van der Waals surface area (Å²) >= 11 is 1.38. The second kappa shape index (κ2) is 8.13. The number of benzene rings is 2. The highest BCUT2D eigenvalue weighted by Crippen LogP contribution is 2.32. The number of H-pyrrole nitrogens is 1. The average Bonchev–Trinajstić information content (AvgIpc) is 3.37. The Hall–Kier alpha value is -2.34. The molecule has 3 aromatic rings. The van der Waals surface area contributed by atoms with Crippen LogP contribution in [0.2, 0.25) is 0 Å². The molecular weight excluding hydrogens is 356 g/mol. The van der Waals surface area contributed by atoms with E-state index in [-0.39, 0.29) is 11.9 Å². The highest BCUT2D eigenvalue weighted by Gasteiger charge is 2.21. The molecule has 0 radical (unpaired) electrons. The van der Waals surface area contributed by atoms with E-state index in [1.54, 1.807) is 0 Å². The Morgan fingerprint density at radius 1 is 1.22 bits per heavy atom. The van der Waals surface area contributed by atoms with E-state index in [9.17, 15) is 4.79 Å². The third kappa shape index (κ3) is 4.33. The number of thioether (sulfide) groups is 1. The molecule has 0 bridgehead atoms. The molecular formula is C21H24N4OS. The molecule has 1 atom stereocenters. The topological polar surface area (TPSA) is 70.7 Å². The number of hydrogen-bond acceptors (Lipinski definition) is 4. The van der Waals surface area contributed by atoms with Crippen molar-refractivity contribution >= 4 is 28.4 Å². The summed E-state index contributed by atoms with van der Waals surface area (Å²) in [7, 11) is 0. The molecule has 27 heavy (non-hydrogen) atoms. The number of carbonyl (C=O) groups excluding carboxylic acids is 1. The lowest BCUT2D eigenvalue weighted by atomic mass is 10.0. The van der Waals surface area contributed by atoms with Crippen molar-refractivity contribution in [1.82, 2.24) is 20.5 Å². The van der Waals surface area contributed by atoms with Crippen LogP contribution >= 0.6 is 11.8 Å². The number of aromatic nitrogens is 3. The fourth-order valence-electron chi connectivity index (χ4n) is 3.68. The zero-order valence-corrected chi connectivity index (χ0v) is 16.3. The molecule has 6 heteroatoms. The number of rotatable bonds is 6. The van der Waals surface area contributed by atoms with Crippen LogP contribution in [0.1, 0.15) is 56.0 Å². The van der Waals surface area contributed by atoms with Crippen LogP contribution in [0.4, 0.5) is 0 Å². The molecule has 4 rings (SSSR count). The molecule has 1 fully saturated rings. The van der Waals surface area contributed by atoms with Gasteiger partial charge in [-0.15, -0.1) is 5.10 Å². The highest BCUT2D eigenvalue weighted by molar-refractivity contribution is 7.99. The van der Waals surface area contributed by atoms with Gasteiger partial charge in [0.15, 0.2) is 0 Å². The fourth-order valence-corrected chi connectivity index (χ4v) is 4.29. The first-order valence-electron chi connectivity index (χ1n) is 9.52. The van der Waals surface area contributed by atoms with Gasteiger partial charge >= 0.3 is 0 Å². The van der Waals surface area contributed by atoms with E-state index in [0.29, 0.717) is 16.8 Å². The van der Waals surface area contributed by atoms with Crippen molar-refractivity contribution in [3.05, 3.63) is 53.9 Å². The van der Waals surface area contributed by atoms with Gasteiger partial charge in [-0.3, -0.25) is 9.89 Å². The molecule has 140 valence electrons. The smallest absolute Gasteiger partial charge is 0.230 e. The second-order valence-electron chi connectivity index (χ2n) is 7.17. The maximum atomic E-state index is 12.3. The molecule has 0 spiro atoms. The maximum Gasteiger partial charge on any atom is 0.230 e. The summed E-state index contributed by atoms with van der Waals surface area (Å²) in [4.78, 5) is 16.9. The minimum absolute atomic E-state index is 0.00660. The van der Waals surface area contributed by atoms with Crippen LogP contribution in [0.3, 0.4) is 0 Å². The number of fused-ring (bicyclic) bond motifs is 1. The molecule has 2 N–H and O–H groups in total. The standard InChI is InChI=1S/C21H24N4OS/c1-14(17-11-10-15-6-2-5-9-18(15)12-17)22-19(26)13-27-21-23-20(24-25-21)16-7-3-4-8-16/h2,5-6,9-12,14,16H,3-4,7-8,13H2,1H3,(H,22,26)(H,23,24,25)/t14-/m1/s1. The summed E-state index contributed by atoms with van der Waals surface area (Å²) in [5.74, 6) is 1.79. The second-order valence-corrected chi connectivity index (χ2v) is 8.11. The lowest BCUT2D eigenvalue weighted by Crippen LogP contribution is -2.28. The fraction of sp³-hybridized carbons (Fsp3) is 0.381. The monoisotopic (exact) mass is 380 g/mol. The van der Waals surface area contributed by atoms with Gasteiger partial charge in [0.2, 0.25) is 11.1 Å². The summed E-state index contributed by atoms with van der Waals surface area (Å²) < 4.78 is 0. The van der Waals surface area contributed by atoms with Crippen molar-refractivity contribution in [2.45, 2.75) is 49.7 Å². The lowest BCUT2D eigenvalue weighted by molar-refractivity contribution is -0.119. The average molecular weight is 381 g/mol. The van der Waals surface area contributed by atoms with E-state index < -0.39 is 0 Å².